The molecule has 13 heavy (non-hydrogen) atoms. The summed E-state index contributed by atoms with van der Waals surface area (Å²) in [5.74, 6) is -0.604. The third-order valence-corrected chi connectivity index (χ3v) is 3.88. The fraction of sp³-hybridized carbons (Fsp3) is 0.900. The minimum absolute atomic E-state index is 0.0229. The summed E-state index contributed by atoms with van der Waals surface area (Å²) in [5.41, 5.74) is 0.208. The largest absolute Gasteiger partial charge is 0.481 e. The summed E-state index contributed by atoms with van der Waals surface area (Å²) in [6, 6.07) is 0.626. The van der Waals surface area contributed by atoms with E-state index in [0.29, 0.717) is 6.04 Å². The van der Waals surface area contributed by atoms with Gasteiger partial charge < -0.3 is 10.4 Å². The predicted molar refractivity (Wildman–Crippen MR) is 49.5 cm³/mol. The van der Waals surface area contributed by atoms with Gasteiger partial charge in [0.2, 0.25) is 0 Å². The zero-order valence-corrected chi connectivity index (χ0v) is 8.05. The van der Waals surface area contributed by atoms with Crippen LogP contribution < -0.4 is 5.32 Å². The van der Waals surface area contributed by atoms with Gasteiger partial charge in [-0.05, 0) is 44.6 Å². The summed E-state index contributed by atoms with van der Waals surface area (Å²) in [6.07, 6.45) is 5.45. The highest BCUT2D eigenvalue weighted by atomic mass is 16.4. The highest BCUT2D eigenvalue weighted by molar-refractivity contribution is 5.74. The maximum absolute atomic E-state index is 10.8. The summed E-state index contributed by atoms with van der Waals surface area (Å²) in [6.45, 7) is 0. The van der Waals surface area contributed by atoms with Crippen molar-refractivity contribution in [3.8, 4) is 0 Å². The lowest BCUT2D eigenvalue weighted by atomic mass is 9.82. The summed E-state index contributed by atoms with van der Waals surface area (Å²) in [7, 11) is 1.99. The van der Waals surface area contributed by atoms with Crippen LogP contribution in [-0.4, -0.2) is 24.2 Å². The molecular formula is C10H17NO2. The van der Waals surface area contributed by atoms with E-state index >= 15 is 0 Å². The number of aliphatic carboxylic acids is 1. The van der Waals surface area contributed by atoms with Crippen LogP contribution in [0.5, 0.6) is 0 Å². The van der Waals surface area contributed by atoms with Gasteiger partial charge in [-0.25, -0.2) is 0 Å². The fourth-order valence-electron chi connectivity index (χ4n) is 2.73. The molecule has 0 bridgehead atoms. The van der Waals surface area contributed by atoms with Gasteiger partial charge in [0.15, 0.2) is 0 Å². The summed E-state index contributed by atoms with van der Waals surface area (Å²) < 4.78 is 0. The highest BCUT2D eigenvalue weighted by Gasteiger charge is 2.58. The second kappa shape index (κ2) is 2.98. The van der Waals surface area contributed by atoms with Crippen molar-refractivity contribution >= 4 is 5.97 Å². The van der Waals surface area contributed by atoms with E-state index in [-0.39, 0.29) is 11.3 Å². The maximum atomic E-state index is 10.8. The minimum Gasteiger partial charge on any atom is -0.481 e. The lowest BCUT2D eigenvalue weighted by Gasteiger charge is -2.28. The second-order valence-corrected chi connectivity index (χ2v) is 4.52. The third kappa shape index (κ3) is 1.46. The molecule has 0 heterocycles. The van der Waals surface area contributed by atoms with E-state index in [1.165, 1.54) is 0 Å². The third-order valence-electron chi connectivity index (χ3n) is 3.88. The van der Waals surface area contributed by atoms with Gasteiger partial charge in [-0.1, -0.05) is 0 Å². The Balaban J connectivity index is 1.89. The predicted octanol–water partition coefficient (Wildman–Crippen LogP) is 1.24. The Labute approximate surface area is 78.5 Å². The maximum Gasteiger partial charge on any atom is 0.307 e. The van der Waals surface area contributed by atoms with Crippen LogP contribution in [0.15, 0.2) is 0 Å². The van der Waals surface area contributed by atoms with E-state index < -0.39 is 5.97 Å². The van der Waals surface area contributed by atoms with Crippen molar-refractivity contribution in [2.45, 2.75) is 38.1 Å². The topological polar surface area (TPSA) is 49.3 Å². The Morgan fingerprint density at radius 2 is 2.08 bits per heavy atom. The van der Waals surface area contributed by atoms with E-state index in [4.69, 9.17) is 5.11 Å². The van der Waals surface area contributed by atoms with Crippen molar-refractivity contribution in [2.24, 2.45) is 11.3 Å². The van der Waals surface area contributed by atoms with Crippen molar-refractivity contribution in [3.63, 3.8) is 0 Å². The van der Waals surface area contributed by atoms with Gasteiger partial charge in [0.25, 0.3) is 0 Å². The van der Waals surface area contributed by atoms with Crippen molar-refractivity contribution in [2.75, 3.05) is 7.05 Å². The fourth-order valence-corrected chi connectivity index (χ4v) is 2.73. The normalized spacial score (nSPS) is 43.5. The van der Waals surface area contributed by atoms with E-state index in [1.807, 2.05) is 7.05 Å². The molecule has 0 aromatic heterocycles. The monoisotopic (exact) mass is 183 g/mol. The van der Waals surface area contributed by atoms with Gasteiger partial charge in [0, 0.05) is 6.04 Å². The Morgan fingerprint density at radius 1 is 1.46 bits per heavy atom. The van der Waals surface area contributed by atoms with Crippen LogP contribution >= 0.6 is 0 Å². The molecule has 0 aliphatic heterocycles. The molecule has 2 saturated carbocycles. The molecular weight excluding hydrogens is 166 g/mol. The number of carboxylic acid groups (broad SMARTS) is 1. The van der Waals surface area contributed by atoms with Crippen LogP contribution in [0.4, 0.5) is 0 Å². The van der Waals surface area contributed by atoms with Gasteiger partial charge in [0.1, 0.15) is 0 Å². The molecule has 2 aliphatic rings. The van der Waals surface area contributed by atoms with Gasteiger partial charge >= 0.3 is 5.97 Å². The Morgan fingerprint density at radius 3 is 2.46 bits per heavy atom. The van der Waals surface area contributed by atoms with Crippen molar-refractivity contribution in [3.05, 3.63) is 0 Å². The van der Waals surface area contributed by atoms with Crippen molar-refractivity contribution < 1.29 is 9.90 Å². The first kappa shape index (κ1) is 9.00. The standard InChI is InChI=1S/C10H17NO2/c1-11-7-2-4-10(5-3-7)6-8(10)9(12)13/h7-8,11H,2-6H2,1H3,(H,12,13). The molecule has 3 heteroatoms. The Kier molecular flexibility index (Phi) is 2.06. The molecule has 1 spiro atoms. The molecule has 1 unspecified atom stereocenters. The van der Waals surface area contributed by atoms with Gasteiger partial charge in [-0.15, -0.1) is 0 Å². The molecule has 0 amide bonds. The summed E-state index contributed by atoms with van der Waals surface area (Å²) in [4.78, 5) is 10.8. The van der Waals surface area contributed by atoms with E-state index in [2.05, 4.69) is 5.32 Å². The molecule has 3 nitrogen and oxygen atoms in total. The van der Waals surface area contributed by atoms with E-state index in [1.54, 1.807) is 0 Å². The lowest BCUT2D eigenvalue weighted by molar-refractivity contribution is -0.139. The molecule has 0 aromatic rings. The number of nitrogens with one attached hydrogen (secondary N) is 1. The molecule has 0 saturated heterocycles. The van der Waals surface area contributed by atoms with Gasteiger partial charge in [-0.3, -0.25) is 4.79 Å². The number of hydrogen-bond acceptors (Lipinski definition) is 2. The minimum atomic E-state index is -0.581. The molecule has 2 aliphatic carbocycles. The first-order valence-electron chi connectivity index (χ1n) is 5.08. The summed E-state index contributed by atoms with van der Waals surface area (Å²) in [5, 5.41) is 12.1. The van der Waals surface area contributed by atoms with Crippen molar-refractivity contribution in [1.82, 2.24) is 5.32 Å². The average Bonchev–Trinajstić information content (AvgIpc) is 2.82. The van der Waals surface area contributed by atoms with Crippen LogP contribution in [0.1, 0.15) is 32.1 Å². The second-order valence-electron chi connectivity index (χ2n) is 4.52. The number of hydrogen-bond donors (Lipinski definition) is 2. The zero-order chi connectivity index (χ0) is 9.47. The summed E-state index contributed by atoms with van der Waals surface area (Å²) >= 11 is 0. The number of carboxylic acids is 1. The van der Waals surface area contributed by atoms with Crippen LogP contribution in [0.3, 0.4) is 0 Å². The SMILES string of the molecule is CNC1CCC2(CC1)CC2C(=O)O. The van der Waals surface area contributed by atoms with Crippen LogP contribution in [-0.2, 0) is 4.79 Å². The molecule has 2 N–H and O–H groups in total. The first-order chi connectivity index (χ1) is 6.18. The lowest BCUT2D eigenvalue weighted by Crippen LogP contribution is -2.31. The van der Waals surface area contributed by atoms with Crippen LogP contribution in [0, 0.1) is 11.3 Å². The quantitative estimate of drug-likeness (QED) is 0.677. The van der Waals surface area contributed by atoms with Crippen molar-refractivity contribution in [1.29, 1.82) is 0 Å². The molecule has 0 aromatic carbocycles. The van der Waals surface area contributed by atoms with Gasteiger partial charge in [0.05, 0.1) is 5.92 Å². The number of rotatable bonds is 2. The molecule has 74 valence electrons. The van der Waals surface area contributed by atoms with Crippen LogP contribution in [0.2, 0.25) is 0 Å². The molecule has 2 rings (SSSR count). The van der Waals surface area contributed by atoms with E-state index in [9.17, 15) is 4.79 Å². The average molecular weight is 183 g/mol. The first-order valence-corrected chi connectivity index (χ1v) is 5.08. The number of carbonyl (C=O) groups is 1. The zero-order valence-electron chi connectivity index (χ0n) is 8.05. The van der Waals surface area contributed by atoms with Crippen LogP contribution in [0.25, 0.3) is 0 Å². The molecule has 2 fully saturated rings. The highest BCUT2D eigenvalue weighted by Crippen LogP contribution is 2.61. The van der Waals surface area contributed by atoms with Gasteiger partial charge in [-0.2, -0.15) is 0 Å². The Hall–Kier alpha value is -0.570. The Bertz CT molecular complexity index is 219. The molecule has 1 atom stereocenters. The smallest absolute Gasteiger partial charge is 0.307 e. The van der Waals surface area contributed by atoms with E-state index in [0.717, 1.165) is 32.1 Å². The molecule has 0 radical (unpaired) electrons.